The second-order valence-corrected chi connectivity index (χ2v) is 3.80. The van der Waals surface area contributed by atoms with E-state index >= 15 is 0 Å². The molecule has 0 aliphatic rings. The van der Waals surface area contributed by atoms with Gasteiger partial charge in [0.1, 0.15) is 11.9 Å². The van der Waals surface area contributed by atoms with Gasteiger partial charge < -0.3 is 25.8 Å². The normalized spacial score (nSPS) is 13.3. The highest BCUT2D eigenvalue weighted by Crippen LogP contribution is 2.04. The number of nitrogens with one attached hydrogen (secondary N) is 3. The number of amides is 2. The van der Waals surface area contributed by atoms with Crippen LogP contribution in [0.2, 0.25) is 0 Å². The molecule has 0 radical (unpaired) electrons. The van der Waals surface area contributed by atoms with Crippen LogP contribution in [0.4, 0.5) is 4.79 Å². The summed E-state index contributed by atoms with van der Waals surface area (Å²) in [5.41, 5.74) is 0. The number of aromatic nitrogens is 2. The van der Waals surface area contributed by atoms with E-state index in [9.17, 15) is 14.4 Å². The van der Waals surface area contributed by atoms with Gasteiger partial charge in [-0.3, -0.25) is 4.79 Å². The van der Waals surface area contributed by atoms with Crippen LogP contribution in [0.25, 0.3) is 0 Å². The summed E-state index contributed by atoms with van der Waals surface area (Å²) >= 11 is 0. The van der Waals surface area contributed by atoms with Crippen molar-refractivity contribution in [2.24, 2.45) is 0 Å². The minimum Gasteiger partial charge on any atom is -0.481 e. The van der Waals surface area contributed by atoms with E-state index in [4.69, 9.17) is 10.2 Å². The average Bonchev–Trinajstić information content (AvgIpc) is 2.80. The van der Waals surface area contributed by atoms with Crippen LogP contribution in [0.3, 0.4) is 0 Å². The Morgan fingerprint density at radius 1 is 1.37 bits per heavy atom. The highest BCUT2D eigenvalue weighted by Gasteiger charge is 2.23. The van der Waals surface area contributed by atoms with Crippen molar-refractivity contribution in [1.29, 1.82) is 0 Å². The molecule has 19 heavy (non-hydrogen) atoms. The molecule has 2 atom stereocenters. The molecule has 0 aliphatic heterocycles. The quantitative estimate of drug-likeness (QED) is 0.480. The van der Waals surface area contributed by atoms with E-state index in [2.05, 4.69) is 20.6 Å². The molecule has 0 saturated carbocycles. The first-order valence-electron chi connectivity index (χ1n) is 5.41. The van der Waals surface area contributed by atoms with Crippen molar-refractivity contribution in [1.82, 2.24) is 20.6 Å². The standard InChI is InChI=1S/C10H14N4O5/c1-5(8-11-2-3-12-8)13-10(19)14-6(9(17)18)4-7(15)16/h2-3,5-6H,4H2,1H3,(H,11,12)(H,15,16)(H,17,18)(H2,13,14,19). The number of hydrogen-bond acceptors (Lipinski definition) is 4. The second-order valence-electron chi connectivity index (χ2n) is 3.80. The predicted octanol–water partition coefficient (Wildman–Crippen LogP) is -0.302. The third kappa shape index (κ3) is 4.66. The Balaban J connectivity index is 2.53. The van der Waals surface area contributed by atoms with Gasteiger partial charge in [0.2, 0.25) is 0 Å². The van der Waals surface area contributed by atoms with E-state index in [-0.39, 0.29) is 0 Å². The number of carboxylic acids is 2. The van der Waals surface area contributed by atoms with Crippen molar-refractivity contribution < 1.29 is 24.6 Å². The van der Waals surface area contributed by atoms with E-state index < -0.39 is 36.5 Å². The molecule has 1 aromatic rings. The molecule has 9 heteroatoms. The van der Waals surface area contributed by atoms with Crippen LogP contribution in [0.15, 0.2) is 12.4 Å². The molecule has 0 fully saturated rings. The number of urea groups is 1. The number of nitrogens with zero attached hydrogens (tertiary/aromatic N) is 1. The van der Waals surface area contributed by atoms with Gasteiger partial charge in [-0.1, -0.05) is 0 Å². The number of carbonyl (C=O) groups excluding carboxylic acids is 1. The van der Waals surface area contributed by atoms with Crippen LogP contribution in [-0.2, 0) is 9.59 Å². The third-order valence-corrected chi connectivity index (χ3v) is 2.26. The number of H-pyrrole nitrogens is 1. The maximum Gasteiger partial charge on any atom is 0.326 e. The number of rotatable bonds is 6. The fraction of sp³-hybridized carbons (Fsp3) is 0.400. The second kappa shape index (κ2) is 6.38. The molecule has 2 unspecified atom stereocenters. The first kappa shape index (κ1) is 14.5. The Morgan fingerprint density at radius 2 is 2.05 bits per heavy atom. The van der Waals surface area contributed by atoms with Crippen LogP contribution in [0, 0.1) is 0 Å². The highest BCUT2D eigenvalue weighted by molar-refractivity contribution is 5.86. The number of carboxylic acid groups (broad SMARTS) is 2. The van der Waals surface area contributed by atoms with Crippen molar-refractivity contribution in [2.75, 3.05) is 0 Å². The predicted molar refractivity (Wildman–Crippen MR) is 62.3 cm³/mol. The van der Waals surface area contributed by atoms with Gasteiger partial charge in [0.25, 0.3) is 0 Å². The first-order chi connectivity index (χ1) is 8.90. The molecule has 0 bridgehead atoms. The molecule has 2 amide bonds. The van der Waals surface area contributed by atoms with E-state index in [0.29, 0.717) is 5.82 Å². The molecule has 0 aliphatic carbocycles. The Labute approximate surface area is 108 Å². The van der Waals surface area contributed by atoms with Gasteiger partial charge in [-0.2, -0.15) is 0 Å². The Kier molecular flexibility index (Phi) is 4.86. The molecule has 104 valence electrons. The van der Waals surface area contributed by atoms with E-state index in [0.717, 1.165) is 0 Å². The van der Waals surface area contributed by atoms with Gasteiger partial charge >= 0.3 is 18.0 Å². The minimum atomic E-state index is -1.48. The molecule has 0 aromatic carbocycles. The lowest BCUT2D eigenvalue weighted by atomic mass is 10.2. The Hall–Kier alpha value is -2.58. The molecular weight excluding hydrogens is 256 g/mol. The zero-order valence-corrected chi connectivity index (χ0v) is 10.1. The van der Waals surface area contributed by atoms with Gasteiger partial charge in [0.05, 0.1) is 12.5 Å². The lowest BCUT2D eigenvalue weighted by molar-refractivity contribution is -0.145. The van der Waals surface area contributed by atoms with E-state index in [1.807, 2.05) is 0 Å². The maximum absolute atomic E-state index is 11.5. The molecule has 0 spiro atoms. The average molecular weight is 270 g/mol. The van der Waals surface area contributed by atoms with Gasteiger partial charge in [-0.25, -0.2) is 14.6 Å². The SMILES string of the molecule is CC(NC(=O)NC(CC(=O)O)C(=O)O)c1ncc[nH]1. The molecule has 0 saturated heterocycles. The van der Waals surface area contributed by atoms with Crippen molar-refractivity contribution in [3.63, 3.8) is 0 Å². The van der Waals surface area contributed by atoms with Crippen molar-refractivity contribution in [3.8, 4) is 0 Å². The summed E-state index contributed by atoms with van der Waals surface area (Å²) in [6, 6.07) is -2.73. The number of imidazole rings is 1. The van der Waals surface area contributed by atoms with Gasteiger partial charge in [-0.15, -0.1) is 0 Å². The third-order valence-electron chi connectivity index (χ3n) is 2.26. The topological polar surface area (TPSA) is 144 Å². The molecule has 1 aromatic heterocycles. The molecule has 1 rings (SSSR count). The highest BCUT2D eigenvalue weighted by atomic mass is 16.4. The maximum atomic E-state index is 11.5. The largest absolute Gasteiger partial charge is 0.481 e. The van der Waals surface area contributed by atoms with Crippen molar-refractivity contribution in [2.45, 2.75) is 25.4 Å². The number of carbonyl (C=O) groups is 3. The molecule has 1 heterocycles. The summed E-state index contributed by atoms with van der Waals surface area (Å²) < 4.78 is 0. The molecule has 5 N–H and O–H groups in total. The number of aromatic amines is 1. The number of hydrogen-bond donors (Lipinski definition) is 5. The van der Waals surface area contributed by atoms with Crippen molar-refractivity contribution in [3.05, 3.63) is 18.2 Å². The summed E-state index contributed by atoms with van der Waals surface area (Å²) in [5, 5.41) is 21.8. The smallest absolute Gasteiger partial charge is 0.326 e. The summed E-state index contributed by atoms with van der Waals surface area (Å²) in [6.07, 6.45) is 2.39. The van der Waals surface area contributed by atoms with Gasteiger partial charge in [0, 0.05) is 12.4 Å². The molecule has 9 nitrogen and oxygen atoms in total. The van der Waals surface area contributed by atoms with Gasteiger partial charge in [0.15, 0.2) is 0 Å². The summed E-state index contributed by atoms with van der Waals surface area (Å²) in [7, 11) is 0. The van der Waals surface area contributed by atoms with Crippen LogP contribution in [0.1, 0.15) is 25.2 Å². The summed E-state index contributed by atoms with van der Waals surface area (Å²) in [4.78, 5) is 39.4. The lowest BCUT2D eigenvalue weighted by Gasteiger charge is -2.16. The fourth-order valence-electron chi connectivity index (χ4n) is 1.35. The van der Waals surface area contributed by atoms with E-state index in [1.165, 1.54) is 6.20 Å². The lowest BCUT2D eigenvalue weighted by Crippen LogP contribution is -2.47. The first-order valence-corrected chi connectivity index (χ1v) is 5.41. The van der Waals surface area contributed by atoms with Crippen LogP contribution in [0.5, 0.6) is 0 Å². The fourth-order valence-corrected chi connectivity index (χ4v) is 1.35. The summed E-state index contributed by atoms with van der Waals surface area (Å²) in [5.74, 6) is -2.23. The minimum absolute atomic E-state index is 0.464. The Bertz CT molecular complexity index is 458. The van der Waals surface area contributed by atoms with Gasteiger partial charge in [-0.05, 0) is 6.92 Å². The Morgan fingerprint density at radius 3 is 2.53 bits per heavy atom. The van der Waals surface area contributed by atoms with Crippen LogP contribution >= 0.6 is 0 Å². The monoisotopic (exact) mass is 270 g/mol. The van der Waals surface area contributed by atoms with Crippen LogP contribution < -0.4 is 10.6 Å². The van der Waals surface area contributed by atoms with Crippen LogP contribution in [-0.4, -0.2) is 44.2 Å². The zero-order chi connectivity index (χ0) is 14.4. The zero-order valence-electron chi connectivity index (χ0n) is 10.1. The molecular formula is C10H14N4O5. The summed E-state index contributed by atoms with van der Waals surface area (Å²) in [6.45, 7) is 1.64. The van der Waals surface area contributed by atoms with Crippen molar-refractivity contribution >= 4 is 18.0 Å². The number of aliphatic carboxylic acids is 2. The van der Waals surface area contributed by atoms with E-state index in [1.54, 1.807) is 13.1 Å².